The Kier molecular flexibility index (Phi) is 7.62. The Morgan fingerprint density at radius 2 is 1.71 bits per heavy atom. The summed E-state index contributed by atoms with van der Waals surface area (Å²) in [4.78, 5) is 14.6. The summed E-state index contributed by atoms with van der Waals surface area (Å²) in [6, 6.07) is 21.9. The summed E-state index contributed by atoms with van der Waals surface area (Å²) in [6.45, 7) is 0.656. The summed E-state index contributed by atoms with van der Waals surface area (Å²) in [5, 5.41) is 3.10. The third-order valence-corrected chi connectivity index (χ3v) is 7.75. The van der Waals surface area contributed by atoms with E-state index in [0.29, 0.717) is 23.7 Å². The van der Waals surface area contributed by atoms with Crippen molar-refractivity contribution in [3.8, 4) is 11.5 Å². The van der Waals surface area contributed by atoms with Crippen molar-refractivity contribution in [3.63, 3.8) is 0 Å². The average Bonchev–Trinajstić information content (AvgIpc) is 2.88. The van der Waals surface area contributed by atoms with Crippen LogP contribution in [0.1, 0.15) is 11.1 Å². The molecule has 1 amide bonds. The second kappa shape index (κ2) is 10.8. The number of nitrogens with zero attached hydrogens (tertiary/aromatic N) is 2. The second-order valence-electron chi connectivity index (χ2n) is 7.61. The lowest BCUT2D eigenvalue weighted by atomic mass is 10.2. The van der Waals surface area contributed by atoms with E-state index in [0.717, 1.165) is 22.9 Å². The van der Waals surface area contributed by atoms with Crippen molar-refractivity contribution in [2.75, 3.05) is 24.9 Å². The number of thioether (sulfide) groups is 1. The maximum Gasteiger partial charge on any atom is 0.286 e. The fourth-order valence-corrected chi connectivity index (χ4v) is 5.98. The average molecular weight is 512 g/mol. The number of carbonyl (C=O) groups is 1. The molecular weight excluding hydrogens is 486 g/mol. The first kappa shape index (κ1) is 24.6. The van der Waals surface area contributed by atoms with Crippen LogP contribution >= 0.6 is 11.8 Å². The fraction of sp³-hybridized carbons (Fsp3) is 0.200. The van der Waals surface area contributed by atoms with Crippen LogP contribution in [0.2, 0.25) is 0 Å². The molecule has 0 saturated carbocycles. The van der Waals surface area contributed by atoms with E-state index in [-0.39, 0.29) is 28.3 Å². The smallest absolute Gasteiger partial charge is 0.286 e. The lowest BCUT2D eigenvalue weighted by Crippen LogP contribution is -2.35. The summed E-state index contributed by atoms with van der Waals surface area (Å²) in [6.07, 6.45) is 0. The fourth-order valence-electron chi connectivity index (χ4n) is 3.69. The van der Waals surface area contributed by atoms with Crippen LogP contribution in [0, 0.1) is 0 Å². The van der Waals surface area contributed by atoms with Crippen LogP contribution < -0.4 is 19.7 Å². The molecule has 1 N–H and O–H groups in total. The van der Waals surface area contributed by atoms with E-state index in [4.69, 9.17) is 9.47 Å². The minimum Gasteiger partial charge on any atom is -0.493 e. The van der Waals surface area contributed by atoms with E-state index in [1.54, 1.807) is 44.6 Å². The standard InChI is InChI=1S/C25H25N3O5S2/c1-32-21-13-8-11-19(24(21)33-2)15-26-23(29)17-34-25-27-35(30,31)22-14-7-6-12-20(22)28(25)16-18-9-4-3-5-10-18/h3-14H,15-17H2,1-2H3,(H,26,29). The Hall–Kier alpha value is -3.50. The monoisotopic (exact) mass is 511 g/mol. The van der Waals surface area contributed by atoms with Crippen molar-refractivity contribution < 1.29 is 22.7 Å². The van der Waals surface area contributed by atoms with Crippen molar-refractivity contribution in [1.82, 2.24) is 5.32 Å². The number of carbonyl (C=O) groups excluding carboxylic acids is 1. The summed E-state index contributed by atoms with van der Waals surface area (Å²) < 4.78 is 40.4. The third kappa shape index (κ3) is 5.60. The predicted octanol–water partition coefficient (Wildman–Crippen LogP) is 3.82. The molecule has 0 fully saturated rings. The molecular formula is C25H25N3O5S2. The van der Waals surface area contributed by atoms with Crippen LogP contribution in [-0.2, 0) is 27.9 Å². The molecule has 0 aromatic heterocycles. The van der Waals surface area contributed by atoms with Gasteiger partial charge < -0.3 is 19.7 Å². The number of fused-ring (bicyclic) bond motifs is 1. The Balaban J connectivity index is 1.50. The number of hydrogen-bond donors (Lipinski definition) is 1. The summed E-state index contributed by atoms with van der Waals surface area (Å²) in [5.74, 6) is 0.856. The van der Waals surface area contributed by atoms with Gasteiger partial charge in [-0.3, -0.25) is 4.79 Å². The van der Waals surface area contributed by atoms with Gasteiger partial charge in [-0.25, -0.2) is 0 Å². The molecule has 0 bridgehead atoms. The van der Waals surface area contributed by atoms with Gasteiger partial charge in [-0.2, -0.15) is 8.42 Å². The number of hydrogen-bond acceptors (Lipinski definition) is 7. The van der Waals surface area contributed by atoms with Gasteiger partial charge in [0, 0.05) is 12.1 Å². The Morgan fingerprint density at radius 1 is 0.971 bits per heavy atom. The maximum atomic E-state index is 12.8. The molecule has 1 aliphatic rings. The number of rotatable bonds is 8. The van der Waals surface area contributed by atoms with Gasteiger partial charge in [0.15, 0.2) is 16.7 Å². The van der Waals surface area contributed by atoms with E-state index in [1.807, 2.05) is 47.4 Å². The van der Waals surface area contributed by atoms with Crippen LogP contribution in [0.15, 0.2) is 82.1 Å². The number of amidine groups is 1. The molecule has 0 radical (unpaired) electrons. The molecule has 0 aliphatic carbocycles. The predicted molar refractivity (Wildman–Crippen MR) is 138 cm³/mol. The normalized spacial score (nSPS) is 14.0. The topological polar surface area (TPSA) is 97.3 Å². The highest BCUT2D eigenvalue weighted by Gasteiger charge is 2.31. The van der Waals surface area contributed by atoms with Crippen molar-refractivity contribution in [3.05, 3.63) is 83.9 Å². The van der Waals surface area contributed by atoms with Gasteiger partial charge in [-0.05, 0) is 23.8 Å². The number of sulfonamides is 1. The van der Waals surface area contributed by atoms with Gasteiger partial charge in [-0.1, -0.05) is 66.4 Å². The lowest BCUT2D eigenvalue weighted by molar-refractivity contribution is -0.118. The number of amides is 1. The molecule has 3 aromatic carbocycles. The van der Waals surface area contributed by atoms with Crippen LogP contribution in [0.25, 0.3) is 0 Å². The minimum absolute atomic E-state index is 0.00586. The summed E-state index contributed by atoms with van der Waals surface area (Å²) in [5.41, 5.74) is 2.29. The van der Waals surface area contributed by atoms with Crippen molar-refractivity contribution >= 4 is 38.5 Å². The molecule has 0 spiro atoms. The van der Waals surface area contributed by atoms with Crippen molar-refractivity contribution in [2.45, 2.75) is 18.0 Å². The molecule has 4 rings (SSSR count). The Labute approximate surface area is 209 Å². The molecule has 1 heterocycles. The number of anilines is 1. The highest BCUT2D eigenvalue weighted by Crippen LogP contribution is 2.35. The zero-order valence-electron chi connectivity index (χ0n) is 19.3. The van der Waals surface area contributed by atoms with Crippen LogP contribution in [-0.4, -0.2) is 39.5 Å². The van der Waals surface area contributed by atoms with Crippen molar-refractivity contribution in [1.29, 1.82) is 0 Å². The molecule has 3 aromatic rings. The van der Waals surface area contributed by atoms with Gasteiger partial charge in [0.05, 0.1) is 32.2 Å². The van der Waals surface area contributed by atoms with Gasteiger partial charge in [-0.15, -0.1) is 4.40 Å². The van der Waals surface area contributed by atoms with Gasteiger partial charge in [0.1, 0.15) is 4.90 Å². The zero-order chi connectivity index (χ0) is 24.8. The zero-order valence-corrected chi connectivity index (χ0v) is 20.9. The van der Waals surface area contributed by atoms with E-state index in [1.165, 1.54) is 0 Å². The number of ether oxygens (including phenoxy) is 2. The van der Waals surface area contributed by atoms with E-state index >= 15 is 0 Å². The van der Waals surface area contributed by atoms with Gasteiger partial charge >= 0.3 is 0 Å². The quantitative estimate of drug-likeness (QED) is 0.491. The van der Waals surface area contributed by atoms with E-state index < -0.39 is 10.0 Å². The number of nitrogens with one attached hydrogen (secondary N) is 1. The first-order valence-corrected chi connectivity index (χ1v) is 13.2. The van der Waals surface area contributed by atoms with Crippen LogP contribution in [0.3, 0.4) is 0 Å². The first-order valence-electron chi connectivity index (χ1n) is 10.8. The number of benzene rings is 3. The highest BCUT2D eigenvalue weighted by atomic mass is 32.2. The molecule has 1 aliphatic heterocycles. The molecule has 8 nitrogen and oxygen atoms in total. The molecule has 182 valence electrons. The molecule has 35 heavy (non-hydrogen) atoms. The number of methoxy groups -OCH3 is 2. The Bertz CT molecular complexity index is 1340. The summed E-state index contributed by atoms with van der Waals surface area (Å²) >= 11 is 1.08. The molecule has 0 unspecified atom stereocenters. The second-order valence-corrected chi connectivity index (χ2v) is 10.1. The SMILES string of the molecule is COc1cccc(CNC(=O)CSC2=NS(=O)(=O)c3ccccc3N2Cc2ccccc2)c1OC. The lowest BCUT2D eigenvalue weighted by Gasteiger charge is -2.30. The van der Waals surface area contributed by atoms with Gasteiger partial charge in [0.2, 0.25) is 5.91 Å². The van der Waals surface area contributed by atoms with E-state index in [9.17, 15) is 13.2 Å². The largest absolute Gasteiger partial charge is 0.493 e. The Morgan fingerprint density at radius 3 is 2.46 bits per heavy atom. The first-order chi connectivity index (χ1) is 16.9. The molecule has 0 saturated heterocycles. The molecule has 0 atom stereocenters. The molecule has 10 heteroatoms. The van der Waals surface area contributed by atoms with E-state index in [2.05, 4.69) is 9.71 Å². The maximum absolute atomic E-state index is 12.8. The third-order valence-electron chi connectivity index (χ3n) is 5.34. The minimum atomic E-state index is -3.87. The highest BCUT2D eigenvalue weighted by molar-refractivity contribution is 8.15. The van der Waals surface area contributed by atoms with Crippen LogP contribution in [0.4, 0.5) is 5.69 Å². The summed E-state index contributed by atoms with van der Waals surface area (Å²) in [7, 11) is -0.781. The van der Waals surface area contributed by atoms with Gasteiger partial charge in [0.25, 0.3) is 10.0 Å². The van der Waals surface area contributed by atoms with Crippen LogP contribution in [0.5, 0.6) is 11.5 Å². The number of para-hydroxylation sites is 2. The van der Waals surface area contributed by atoms with Crippen molar-refractivity contribution in [2.24, 2.45) is 4.40 Å².